The van der Waals surface area contributed by atoms with Crippen molar-refractivity contribution in [3.63, 3.8) is 0 Å². The Bertz CT molecular complexity index is 1220. The van der Waals surface area contributed by atoms with Crippen molar-refractivity contribution in [3.05, 3.63) is 60.4 Å². The number of carboxylic acids is 1. The van der Waals surface area contributed by atoms with Crippen molar-refractivity contribution in [1.29, 1.82) is 0 Å². The Hall–Kier alpha value is -3.74. The van der Waals surface area contributed by atoms with Gasteiger partial charge in [-0.15, -0.1) is 0 Å². The summed E-state index contributed by atoms with van der Waals surface area (Å²) in [6.45, 7) is 1.97. The molecular weight excluding hydrogens is 404 g/mol. The summed E-state index contributed by atoms with van der Waals surface area (Å²) in [5.74, 6) is 0.438. The number of aromatic amines is 1. The third kappa shape index (κ3) is 4.06. The molecule has 0 spiro atoms. The van der Waals surface area contributed by atoms with E-state index in [1.807, 2.05) is 55.6 Å². The lowest BCUT2D eigenvalue weighted by molar-refractivity contribution is -0.143. The first-order valence-corrected chi connectivity index (χ1v) is 10.8. The zero-order valence-electron chi connectivity index (χ0n) is 17.8. The van der Waals surface area contributed by atoms with Crippen molar-refractivity contribution in [2.75, 3.05) is 0 Å². The molecule has 0 aliphatic heterocycles. The number of fused-ring (bicyclic) bond motifs is 1. The quantitative estimate of drug-likeness (QED) is 0.463. The number of para-hydroxylation sites is 2. The lowest BCUT2D eigenvalue weighted by Gasteiger charge is -2.26. The van der Waals surface area contributed by atoms with Crippen LogP contribution in [0.1, 0.15) is 31.2 Å². The van der Waals surface area contributed by atoms with Crippen molar-refractivity contribution in [2.45, 2.75) is 38.7 Å². The maximum Gasteiger partial charge on any atom is 0.306 e. The zero-order chi connectivity index (χ0) is 22.1. The van der Waals surface area contributed by atoms with Crippen LogP contribution in [0.2, 0.25) is 0 Å². The number of carbonyl (C=O) groups is 1. The van der Waals surface area contributed by atoms with E-state index >= 15 is 0 Å². The van der Waals surface area contributed by atoms with E-state index in [1.165, 1.54) is 0 Å². The number of nitrogens with zero attached hydrogens (tertiary/aromatic N) is 3. The molecule has 4 aromatic rings. The van der Waals surface area contributed by atoms with Crippen molar-refractivity contribution < 1.29 is 14.6 Å². The van der Waals surface area contributed by atoms with E-state index in [1.54, 1.807) is 6.20 Å². The van der Waals surface area contributed by atoms with Crippen LogP contribution in [0, 0.1) is 12.8 Å². The summed E-state index contributed by atoms with van der Waals surface area (Å²) in [6.07, 6.45) is 6.39. The Kier molecular flexibility index (Phi) is 5.31. The van der Waals surface area contributed by atoms with Crippen LogP contribution in [0.15, 0.2) is 54.9 Å². The number of hydrogen-bond acceptors (Lipinski definition) is 5. The number of aromatic nitrogens is 4. The summed E-state index contributed by atoms with van der Waals surface area (Å²) in [5, 5.41) is 9.15. The smallest absolute Gasteiger partial charge is 0.306 e. The molecule has 2 N–H and O–H groups in total. The minimum atomic E-state index is -0.707. The molecule has 0 radical (unpaired) electrons. The van der Waals surface area contributed by atoms with E-state index in [0.29, 0.717) is 18.7 Å². The first kappa shape index (κ1) is 20.2. The van der Waals surface area contributed by atoms with Crippen LogP contribution in [0.5, 0.6) is 5.88 Å². The molecule has 0 amide bonds. The molecule has 162 valence electrons. The van der Waals surface area contributed by atoms with Gasteiger partial charge in [0, 0.05) is 29.1 Å². The number of rotatable bonds is 5. The summed E-state index contributed by atoms with van der Waals surface area (Å²) < 4.78 is 6.07. The molecule has 3 aromatic heterocycles. The minimum Gasteiger partial charge on any atom is -0.481 e. The number of pyridine rings is 2. The van der Waals surface area contributed by atoms with Gasteiger partial charge in [0.15, 0.2) is 0 Å². The summed E-state index contributed by atoms with van der Waals surface area (Å²) in [7, 11) is 0. The molecule has 32 heavy (non-hydrogen) atoms. The van der Waals surface area contributed by atoms with Gasteiger partial charge >= 0.3 is 5.97 Å². The van der Waals surface area contributed by atoms with Gasteiger partial charge < -0.3 is 14.8 Å². The fourth-order valence-corrected chi connectivity index (χ4v) is 4.21. The number of benzene rings is 1. The topological polar surface area (TPSA) is 101 Å². The van der Waals surface area contributed by atoms with Crippen LogP contribution in [0.25, 0.3) is 33.7 Å². The van der Waals surface area contributed by atoms with Gasteiger partial charge in [-0.1, -0.05) is 12.1 Å². The highest BCUT2D eigenvalue weighted by atomic mass is 16.5. The van der Waals surface area contributed by atoms with E-state index in [2.05, 4.69) is 19.9 Å². The van der Waals surface area contributed by atoms with Crippen LogP contribution >= 0.6 is 0 Å². The average molecular weight is 428 g/mol. The Balaban J connectivity index is 1.29. The number of ether oxygens (including phenoxy) is 1. The van der Waals surface area contributed by atoms with Gasteiger partial charge in [0.2, 0.25) is 5.88 Å². The lowest BCUT2D eigenvalue weighted by atomic mass is 9.87. The second-order valence-electron chi connectivity index (χ2n) is 8.31. The van der Waals surface area contributed by atoms with Crippen LogP contribution in [0.3, 0.4) is 0 Å². The van der Waals surface area contributed by atoms with Crippen LogP contribution in [-0.4, -0.2) is 37.1 Å². The SMILES string of the molecule is Cc1cc(-c2ccc(-c3nc4ccccc4[nH]3)cn2)cnc1OC1CCC(C(=O)O)CC1. The predicted octanol–water partition coefficient (Wildman–Crippen LogP) is 5.02. The molecule has 7 heteroatoms. The Labute approximate surface area is 185 Å². The van der Waals surface area contributed by atoms with Crippen LogP contribution < -0.4 is 4.74 Å². The van der Waals surface area contributed by atoms with Crippen molar-refractivity contribution in [2.24, 2.45) is 5.92 Å². The van der Waals surface area contributed by atoms with Gasteiger partial charge in [0.05, 0.1) is 22.6 Å². The highest BCUT2D eigenvalue weighted by molar-refractivity contribution is 5.79. The molecule has 0 atom stereocenters. The van der Waals surface area contributed by atoms with Crippen molar-refractivity contribution >= 4 is 17.0 Å². The number of hydrogen-bond donors (Lipinski definition) is 2. The average Bonchev–Trinajstić information content (AvgIpc) is 3.25. The van der Waals surface area contributed by atoms with Crippen molar-refractivity contribution in [3.8, 4) is 28.5 Å². The van der Waals surface area contributed by atoms with Crippen LogP contribution in [0.4, 0.5) is 0 Å². The summed E-state index contributed by atoms with van der Waals surface area (Å²) in [4.78, 5) is 28.2. The van der Waals surface area contributed by atoms with Gasteiger partial charge in [-0.05, 0) is 62.9 Å². The maximum absolute atomic E-state index is 11.1. The third-order valence-corrected chi connectivity index (χ3v) is 6.05. The van der Waals surface area contributed by atoms with Gasteiger partial charge in [0.1, 0.15) is 11.9 Å². The normalized spacial score (nSPS) is 18.5. The Morgan fingerprint density at radius 1 is 1.03 bits per heavy atom. The van der Waals surface area contributed by atoms with Crippen molar-refractivity contribution in [1.82, 2.24) is 19.9 Å². The summed E-state index contributed by atoms with van der Waals surface area (Å²) in [5.41, 5.74) is 5.53. The molecule has 0 saturated heterocycles. The maximum atomic E-state index is 11.1. The largest absolute Gasteiger partial charge is 0.481 e. The van der Waals surface area contributed by atoms with E-state index in [9.17, 15) is 4.79 Å². The zero-order valence-corrected chi connectivity index (χ0v) is 17.8. The molecule has 0 bridgehead atoms. The standard InChI is InChI=1S/C25H24N4O3/c1-15-12-18(14-27-24(15)32-19-9-6-16(7-10-19)25(30)31)20-11-8-17(13-26-20)23-28-21-4-2-3-5-22(21)29-23/h2-5,8,11-14,16,19H,6-7,9-10H2,1H3,(H,28,29)(H,30,31). The van der Waals surface area contributed by atoms with Gasteiger partial charge in [-0.25, -0.2) is 9.97 Å². The number of imidazole rings is 1. The molecule has 1 aliphatic rings. The number of H-pyrrole nitrogens is 1. The predicted molar refractivity (Wildman–Crippen MR) is 121 cm³/mol. The third-order valence-electron chi connectivity index (χ3n) is 6.05. The number of nitrogens with one attached hydrogen (secondary N) is 1. The number of carboxylic acid groups (broad SMARTS) is 1. The van der Waals surface area contributed by atoms with E-state index in [0.717, 1.165) is 52.1 Å². The highest BCUT2D eigenvalue weighted by Crippen LogP contribution is 2.30. The molecule has 7 nitrogen and oxygen atoms in total. The highest BCUT2D eigenvalue weighted by Gasteiger charge is 2.27. The molecule has 1 aromatic carbocycles. The first-order chi connectivity index (χ1) is 15.6. The summed E-state index contributed by atoms with van der Waals surface area (Å²) >= 11 is 0. The van der Waals surface area contributed by atoms with E-state index in [4.69, 9.17) is 9.84 Å². The van der Waals surface area contributed by atoms with Gasteiger partial charge in [-0.3, -0.25) is 9.78 Å². The Morgan fingerprint density at radius 2 is 1.81 bits per heavy atom. The molecule has 3 heterocycles. The summed E-state index contributed by atoms with van der Waals surface area (Å²) in [6, 6.07) is 13.9. The fourth-order valence-electron chi connectivity index (χ4n) is 4.21. The first-order valence-electron chi connectivity index (χ1n) is 10.8. The second kappa shape index (κ2) is 8.42. The Morgan fingerprint density at radius 3 is 2.50 bits per heavy atom. The minimum absolute atomic E-state index is 0.0175. The lowest BCUT2D eigenvalue weighted by Crippen LogP contribution is -2.28. The van der Waals surface area contributed by atoms with E-state index in [-0.39, 0.29) is 12.0 Å². The fraction of sp³-hybridized carbons (Fsp3) is 0.280. The second-order valence-corrected chi connectivity index (χ2v) is 8.31. The van der Waals surface area contributed by atoms with Gasteiger partial charge in [-0.2, -0.15) is 0 Å². The molecule has 1 saturated carbocycles. The van der Waals surface area contributed by atoms with Crippen LogP contribution in [-0.2, 0) is 4.79 Å². The monoisotopic (exact) mass is 428 g/mol. The number of aryl methyl sites for hydroxylation is 1. The molecule has 1 aliphatic carbocycles. The van der Waals surface area contributed by atoms with E-state index < -0.39 is 5.97 Å². The molecule has 0 unspecified atom stereocenters. The molecule has 1 fully saturated rings. The molecule has 5 rings (SSSR count). The molecular formula is C25H24N4O3. The van der Waals surface area contributed by atoms with Gasteiger partial charge in [0.25, 0.3) is 0 Å². The number of aliphatic carboxylic acids is 1.